The molecule has 0 aromatic heterocycles. The first-order valence-electron chi connectivity index (χ1n) is 7.95. The molecule has 3 atom stereocenters. The van der Waals surface area contributed by atoms with E-state index in [0.717, 1.165) is 6.07 Å². The number of carboxylic acid groups (broad SMARTS) is 1. The second-order valence-corrected chi connectivity index (χ2v) is 6.29. The van der Waals surface area contributed by atoms with Crippen molar-refractivity contribution in [3.63, 3.8) is 0 Å². The lowest BCUT2D eigenvalue weighted by atomic mass is 10.0. The maximum atomic E-state index is 13.8. The monoisotopic (exact) mass is 345 g/mol. The first-order valence-corrected chi connectivity index (χ1v) is 7.95. The summed E-state index contributed by atoms with van der Waals surface area (Å²) in [6.45, 7) is 1.57. The van der Waals surface area contributed by atoms with Gasteiger partial charge in [-0.15, -0.1) is 0 Å². The molecule has 0 saturated heterocycles. The molecule has 1 fully saturated rings. The van der Waals surface area contributed by atoms with Gasteiger partial charge in [-0.2, -0.15) is 0 Å². The van der Waals surface area contributed by atoms with E-state index in [0.29, 0.717) is 23.2 Å². The molecule has 0 bridgehead atoms. The van der Waals surface area contributed by atoms with Gasteiger partial charge in [0.2, 0.25) is 5.91 Å². The van der Waals surface area contributed by atoms with Crippen LogP contribution in [0, 0.1) is 17.6 Å². The second kappa shape index (κ2) is 6.63. The minimum Gasteiger partial charge on any atom is -0.481 e. The zero-order valence-electron chi connectivity index (χ0n) is 13.5. The average molecular weight is 345 g/mol. The fraction of sp³-hybridized carbons (Fsp3) is 0.263. The van der Waals surface area contributed by atoms with Crippen LogP contribution in [0.5, 0.6) is 0 Å². The van der Waals surface area contributed by atoms with E-state index in [9.17, 15) is 18.4 Å². The lowest BCUT2D eigenvalue weighted by molar-refractivity contribution is -0.138. The average Bonchev–Trinajstić information content (AvgIpc) is 3.34. The molecule has 130 valence electrons. The Bertz CT molecular complexity index is 837. The normalized spacial score (nSPS) is 20.0. The zero-order valence-corrected chi connectivity index (χ0v) is 13.5. The number of aliphatic carboxylic acids is 1. The van der Waals surface area contributed by atoms with Gasteiger partial charge in [0.15, 0.2) is 0 Å². The van der Waals surface area contributed by atoms with E-state index in [1.165, 1.54) is 12.1 Å². The summed E-state index contributed by atoms with van der Waals surface area (Å²) in [5.74, 6) is -3.81. The molecule has 1 amide bonds. The van der Waals surface area contributed by atoms with Crippen molar-refractivity contribution in [1.29, 1.82) is 0 Å². The van der Waals surface area contributed by atoms with Crippen LogP contribution in [-0.4, -0.2) is 17.0 Å². The van der Waals surface area contributed by atoms with Crippen molar-refractivity contribution in [2.45, 2.75) is 25.2 Å². The van der Waals surface area contributed by atoms with Crippen LogP contribution in [0.4, 0.5) is 14.5 Å². The van der Waals surface area contributed by atoms with Crippen molar-refractivity contribution in [2.24, 2.45) is 5.92 Å². The molecular formula is C19H17F2NO3. The Balaban J connectivity index is 1.68. The van der Waals surface area contributed by atoms with Crippen LogP contribution in [0.1, 0.15) is 36.3 Å². The van der Waals surface area contributed by atoms with Crippen LogP contribution < -0.4 is 5.32 Å². The fourth-order valence-electron chi connectivity index (χ4n) is 2.89. The van der Waals surface area contributed by atoms with Gasteiger partial charge in [-0.05, 0) is 48.6 Å². The number of rotatable bonds is 5. The highest BCUT2D eigenvalue weighted by Crippen LogP contribution is 2.48. The molecule has 2 aromatic carbocycles. The van der Waals surface area contributed by atoms with Gasteiger partial charge in [-0.25, -0.2) is 8.78 Å². The minimum absolute atomic E-state index is 0.256. The summed E-state index contributed by atoms with van der Waals surface area (Å²) in [5.41, 5.74) is 1.43. The number of amides is 1. The number of carbonyl (C=O) groups is 2. The number of anilines is 1. The molecule has 0 spiro atoms. The summed E-state index contributed by atoms with van der Waals surface area (Å²) in [5, 5.41) is 11.8. The number of carbonyl (C=O) groups excluding carboxylic acids is 1. The Morgan fingerprint density at radius 1 is 1.20 bits per heavy atom. The van der Waals surface area contributed by atoms with E-state index < -0.39 is 23.5 Å². The molecule has 6 heteroatoms. The summed E-state index contributed by atoms with van der Waals surface area (Å²) in [4.78, 5) is 23.4. The van der Waals surface area contributed by atoms with Crippen LogP contribution in [-0.2, 0) is 9.59 Å². The number of hydrogen-bond acceptors (Lipinski definition) is 2. The van der Waals surface area contributed by atoms with Gasteiger partial charge in [0.05, 0.1) is 5.92 Å². The van der Waals surface area contributed by atoms with Gasteiger partial charge in [0.25, 0.3) is 0 Å². The standard InChI is InChI=1S/C19H17F2NO3/c1-10(19(24)25)11-3-2-4-13(7-11)22-18(23)16-9-15(16)14-6-5-12(20)8-17(14)21/h2-8,10,15-16H,9H2,1H3,(H,22,23)(H,24,25). The van der Waals surface area contributed by atoms with Crippen LogP contribution in [0.3, 0.4) is 0 Å². The van der Waals surface area contributed by atoms with Crippen molar-refractivity contribution in [2.75, 3.05) is 5.32 Å². The summed E-state index contributed by atoms with van der Waals surface area (Å²) in [6, 6.07) is 10.0. The van der Waals surface area contributed by atoms with Crippen LogP contribution in [0.25, 0.3) is 0 Å². The van der Waals surface area contributed by atoms with E-state index in [-0.39, 0.29) is 17.7 Å². The SMILES string of the molecule is CC(C(=O)O)c1cccc(NC(=O)C2CC2c2ccc(F)cc2F)c1. The van der Waals surface area contributed by atoms with Gasteiger partial charge in [0.1, 0.15) is 11.6 Å². The van der Waals surface area contributed by atoms with Crippen molar-refractivity contribution < 1.29 is 23.5 Å². The predicted molar refractivity (Wildman–Crippen MR) is 88.3 cm³/mol. The Morgan fingerprint density at radius 3 is 2.64 bits per heavy atom. The first kappa shape index (κ1) is 17.1. The molecule has 2 aromatic rings. The smallest absolute Gasteiger partial charge is 0.310 e. The lowest BCUT2D eigenvalue weighted by Gasteiger charge is -2.10. The predicted octanol–water partition coefficient (Wildman–Crippen LogP) is 3.90. The summed E-state index contributed by atoms with van der Waals surface area (Å²) in [7, 11) is 0. The number of carboxylic acids is 1. The number of halogens is 2. The molecule has 2 N–H and O–H groups in total. The van der Waals surface area contributed by atoms with Crippen LogP contribution in [0.15, 0.2) is 42.5 Å². The Morgan fingerprint density at radius 2 is 1.96 bits per heavy atom. The quantitative estimate of drug-likeness (QED) is 0.864. The molecule has 25 heavy (non-hydrogen) atoms. The molecule has 1 aliphatic rings. The van der Waals surface area contributed by atoms with Crippen LogP contribution in [0.2, 0.25) is 0 Å². The third-order valence-corrected chi connectivity index (χ3v) is 4.51. The second-order valence-electron chi connectivity index (χ2n) is 6.29. The molecule has 3 rings (SSSR count). The summed E-state index contributed by atoms with van der Waals surface area (Å²) < 4.78 is 26.8. The van der Waals surface area contributed by atoms with Crippen molar-refractivity contribution in [1.82, 2.24) is 0 Å². The van der Waals surface area contributed by atoms with E-state index >= 15 is 0 Å². The van der Waals surface area contributed by atoms with E-state index in [1.807, 2.05) is 0 Å². The molecule has 1 saturated carbocycles. The van der Waals surface area contributed by atoms with E-state index in [1.54, 1.807) is 31.2 Å². The molecule has 0 radical (unpaired) electrons. The summed E-state index contributed by atoms with van der Waals surface area (Å²) in [6.07, 6.45) is 0.500. The van der Waals surface area contributed by atoms with Crippen LogP contribution >= 0.6 is 0 Å². The molecule has 0 heterocycles. The van der Waals surface area contributed by atoms with Gasteiger partial charge >= 0.3 is 5.97 Å². The minimum atomic E-state index is -0.947. The third-order valence-electron chi connectivity index (χ3n) is 4.51. The van der Waals surface area contributed by atoms with Crippen molar-refractivity contribution in [3.05, 3.63) is 65.2 Å². The van der Waals surface area contributed by atoms with Gasteiger partial charge in [-0.3, -0.25) is 9.59 Å². The highest BCUT2D eigenvalue weighted by Gasteiger charge is 2.45. The van der Waals surface area contributed by atoms with Crippen molar-refractivity contribution >= 4 is 17.6 Å². The van der Waals surface area contributed by atoms with Gasteiger partial charge in [-0.1, -0.05) is 18.2 Å². The Hall–Kier alpha value is -2.76. The summed E-state index contributed by atoms with van der Waals surface area (Å²) >= 11 is 0. The highest BCUT2D eigenvalue weighted by molar-refractivity contribution is 5.95. The third kappa shape index (κ3) is 3.68. The lowest BCUT2D eigenvalue weighted by Crippen LogP contribution is -2.15. The molecular weight excluding hydrogens is 328 g/mol. The van der Waals surface area contributed by atoms with E-state index in [4.69, 9.17) is 5.11 Å². The maximum Gasteiger partial charge on any atom is 0.310 e. The zero-order chi connectivity index (χ0) is 18.1. The number of hydrogen-bond donors (Lipinski definition) is 2. The number of benzene rings is 2. The molecule has 0 aliphatic heterocycles. The van der Waals surface area contributed by atoms with Gasteiger partial charge < -0.3 is 10.4 Å². The molecule has 1 aliphatic carbocycles. The number of nitrogens with one attached hydrogen (secondary N) is 1. The Kier molecular flexibility index (Phi) is 4.53. The molecule has 3 unspecified atom stereocenters. The van der Waals surface area contributed by atoms with E-state index in [2.05, 4.69) is 5.32 Å². The van der Waals surface area contributed by atoms with Gasteiger partial charge in [0, 0.05) is 17.7 Å². The Labute approximate surface area is 143 Å². The fourth-order valence-corrected chi connectivity index (χ4v) is 2.89. The topological polar surface area (TPSA) is 66.4 Å². The highest BCUT2D eigenvalue weighted by atomic mass is 19.1. The van der Waals surface area contributed by atoms with Crippen molar-refractivity contribution in [3.8, 4) is 0 Å². The maximum absolute atomic E-state index is 13.8. The molecule has 4 nitrogen and oxygen atoms in total. The first-order chi connectivity index (χ1) is 11.9. The largest absolute Gasteiger partial charge is 0.481 e.